The molecule has 0 saturated heterocycles. The van der Waals surface area contributed by atoms with Crippen LogP contribution in [-0.2, 0) is 0 Å². The molecule has 0 aliphatic heterocycles. The second kappa shape index (κ2) is 14.4. The predicted octanol–water partition coefficient (Wildman–Crippen LogP) is 17.5. The molecule has 2 aromatic heterocycles. The van der Waals surface area contributed by atoms with Crippen LogP contribution in [-0.4, -0.2) is 4.57 Å². The average molecular weight is 838 g/mol. The number of benzene rings is 10. The smallest absolute Gasteiger partial charge is 0.136 e. The quantitative estimate of drug-likeness (QED) is 0.158. The van der Waals surface area contributed by atoms with Crippen molar-refractivity contribution in [2.24, 2.45) is 0 Å². The third-order valence-electron chi connectivity index (χ3n) is 14.1. The largest absolute Gasteiger partial charge is 0.456 e. The number of furan rings is 1. The van der Waals surface area contributed by atoms with Crippen molar-refractivity contribution in [3.63, 3.8) is 0 Å². The van der Waals surface area contributed by atoms with Gasteiger partial charge in [0.2, 0.25) is 0 Å². The van der Waals surface area contributed by atoms with Gasteiger partial charge >= 0.3 is 0 Å². The van der Waals surface area contributed by atoms with Crippen molar-refractivity contribution in [2.45, 2.75) is 12.3 Å². The number of allylic oxidation sites excluding steroid dienone is 4. The highest BCUT2D eigenvalue weighted by Gasteiger charge is 2.26. The Morgan fingerprint density at radius 3 is 1.73 bits per heavy atom. The molecule has 1 atom stereocenters. The Balaban J connectivity index is 1.05. The molecule has 2 heterocycles. The topological polar surface area (TPSA) is 18.1 Å². The highest BCUT2D eigenvalue weighted by molar-refractivity contribution is 6.29. The Bertz CT molecular complexity index is 4080. The first-order chi connectivity index (χ1) is 32.8. The zero-order valence-corrected chi connectivity index (χ0v) is 35.9. The minimum atomic E-state index is 0.269. The maximum atomic E-state index is 6.91. The van der Waals surface area contributed by atoms with E-state index < -0.39 is 0 Å². The first-order valence-corrected chi connectivity index (χ1v) is 22.9. The van der Waals surface area contributed by atoms with Crippen LogP contribution in [0.1, 0.15) is 17.9 Å². The lowest BCUT2D eigenvalue weighted by molar-refractivity contribution is 0.669. The Kier molecular flexibility index (Phi) is 8.05. The molecule has 0 amide bonds. The Morgan fingerprint density at radius 1 is 0.455 bits per heavy atom. The molecule has 13 aromatic rings. The van der Waals surface area contributed by atoms with Crippen LogP contribution in [0.3, 0.4) is 0 Å². The summed E-state index contributed by atoms with van der Waals surface area (Å²) >= 11 is 0. The van der Waals surface area contributed by atoms with Gasteiger partial charge in [0.05, 0.1) is 11.0 Å². The summed E-state index contributed by atoms with van der Waals surface area (Å²) < 4.78 is 9.30. The third kappa shape index (κ3) is 5.32. The van der Waals surface area contributed by atoms with E-state index in [1.54, 1.807) is 0 Å². The van der Waals surface area contributed by atoms with Gasteiger partial charge in [0.15, 0.2) is 0 Å². The van der Waals surface area contributed by atoms with Gasteiger partial charge in [-0.1, -0.05) is 176 Å². The van der Waals surface area contributed by atoms with Crippen LogP contribution in [0.4, 0.5) is 0 Å². The van der Waals surface area contributed by atoms with Crippen LogP contribution < -0.4 is 0 Å². The van der Waals surface area contributed by atoms with E-state index in [0.29, 0.717) is 0 Å². The molecule has 1 unspecified atom stereocenters. The van der Waals surface area contributed by atoms with E-state index in [1.165, 1.54) is 81.8 Å². The zero-order valence-electron chi connectivity index (χ0n) is 35.9. The first-order valence-electron chi connectivity index (χ1n) is 22.9. The Morgan fingerprint density at radius 2 is 1.05 bits per heavy atom. The normalized spacial score (nSPS) is 13.9. The van der Waals surface area contributed by atoms with Crippen LogP contribution in [0, 0.1) is 12.1 Å². The summed E-state index contributed by atoms with van der Waals surface area (Å²) in [6, 6.07) is 77.8. The Labute approximate surface area is 381 Å². The summed E-state index contributed by atoms with van der Waals surface area (Å²) in [5, 5.41) is 14.3. The molecule has 66 heavy (non-hydrogen) atoms. The summed E-state index contributed by atoms with van der Waals surface area (Å²) in [5.41, 5.74) is 13.7. The van der Waals surface area contributed by atoms with Crippen LogP contribution >= 0.6 is 0 Å². The molecule has 306 valence electrons. The van der Waals surface area contributed by atoms with E-state index in [1.807, 2.05) is 6.07 Å². The van der Waals surface area contributed by atoms with Gasteiger partial charge in [-0.2, -0.15) is 0 Å². The van der Waals surface area contributed by atoms with Crippen molar-refractivity contribution in [2.75, 3.05) is 0 Å². The van der Waals surface area contributed by atoms with E-state index >= 15 is 0 Å². The van der Waals surface area contributed by atoms with Crippen molar-refractivity contribution in [1.82, 2.24) is 4.57 Å². The minimum Gasteiger partial charge on any atom is -0.456 e. The molecule has 0 N–H and O–H groups in total. The van der Waals surface area contributed by atoms with Gasteiger partial charge in [-0.3, -0.25) is 0 Å². The second-order valence-electron chi connectivity index (χ2n) is 17.6. The molecule has 0 bridgehead atoms. The number of para-hydroxylation sites is 2. The molecule has 0 fully saturated rings. The van der Waals surface area contributed by atoms with Crippen molar-refractivity contribution in [3.8, 4) is 39.1 Å². The van der Waals surface area contributed by atoms with Gasteiger partial charge in [0.1, 0.15) is 11.2 Å². The predicted molar refractivity (Wildman–Crippen MR) is 278 cm³/mol. The first kappa shape index (κ1) is 36.8. The minimum absolute atomic E-state index is 0.269. The maximum absolute atomic E-state index is 6.91. The van der Waals surface area contributed by atoms with E-state index in [4.69, 9.17) is 4.42 Å². The molecule has 2 heteroatoms. The summed E-state index contributed by atoms with van der Waals surface area (Å²) in [5.74, 6) is 0.269. The Hall–Kier alpha value is -8.64. The average Bonchev–Trinajstić information content (AvgIpc) is 3.94. The van der Waals surface area contributed by atoms with Gasteiger partial charge in [0.25, 0.3) is 0 Å². The van der Waals surface area contributed by atoms with Gasteiger partial charge in [-0.15, -0.1) is 0 Å². The SMILES string of the molecule is c1ccc2c(C3C=CC=CC3)c3ccccc3c(-c3cccc4oc5cccc(-c6c7ccccc7c(-c7ccc8c(c7)c7ccccc7n8-c7ccccc7)c7ccccc67)c5c34)c2c#1. The zero-order chi connectivity index (χ0) is 43.3. The maximum Gasteiger partial charge on any atom is 0.136 e. The van der Waals surface area contributed by atoms with Crippen molar-refractivity contribution in [1.29, 1.82) is 0 Å². The number of rotatable bonds is 5. The molecule has 1 aliphatic carbocycles. The van der Waals surface area contributed by atoms with Crippen molar-refractivity contribution >= 4 is 86.8 Å². The van der Waals surface area contributed by atoms with Gasteiger partial charge in [-0.05, 0) is 132 Å². The van der Waals surface area contributed by atoms with E-state index in [9.17, 15) is 0 Å². The molecule has 1 aliphatic rings. The molecule has 0 spiro atoms. The third-order valence-corrected chi connectivity index (χ3v) is 14.1. The second-order valence-corrected chi connectivity index (χ2v) is 17.6. The highest BCUT2D eigenvalue weighted by Crippen LogP contribution is 2.51. The number of hydrogen-bond donors (Lipinski definition) is 0. The van der Waals surface area contributed by atoms with E-state index in [0.717, 1.165) is 56.1 Å². The van der Waals surface area contributed by atoms with Crippen molar-refractivity contribution in [3.05, 3.63) is 236 Å². The van der Waals surface area contributed by atoms with Gasteiger partial charge in [-0.25, -0.2) is 0 Å². The fourth-order valence-electron chi connectivity index (χ4n) is 11.5. The summed E-state index contributed by atoms with van der Waals surface area (Å²) in [6.07, 6.45) is 9.93. The summed E-state index contributed by atoms with van der Waals surface area (Å²) in [4.78, 5) is 0. The standard InChI is InChI=1S/C64H39NO/c1-3-19-40(20-4-1)59-44-24-7-11-28-48(44)61(49-29-12-8-25-45(49)59)52-32-17-35-57-63(52)64-53(33-18-36-58(64)66-57)62-50-30-13-9-26-46(50)60(47-27-10-14-31-51(47)62)41-37-38-56-54(39-41)43-23-15-16-34-55(43)65(56)42-21-5-2-6-22-42/h1-11,13-19,21-28,30-40H,20H2. The lowest BCUT2D eigenvalue weighted by Gasteiger charge is -2.22. The molecule has 0 radical (unpaired) electrons. The van der Waals surface area contributed by atoms with Crippen LogP contribution in [0.25, 0.3) is 126 Å². The fraction of sp³-hybridized carbons (Fsp3) is 0.0312. The molecule has 0 saturated carbocycles. The number of nitrogens with zero attached hydrogens (tertiary/aromatic N) is 1. The van der Waals surface area contributed by atoms with Crippen molar-refractivity contribution < 1.29 is 4.42 Å². The highest BCUT2D eigenvalue weighted by atomic mass is 16.3. The molecule has 11 aromatic carbocycles. The lowest BCUT2D eigenvalue weighted by atomic mass is 9.81. The summed E-state index contributed by atoms with van der Waals surface area (Å²) in [7, 11) is 0. The molecule has 14 rings (SSSR count). The number of hydrogen-bond acceptors (Lipinski definition) is 1. The van der Waals surface area contributed by atoms with Crippen LogP contribution in [0.15, 0.2) is 223 Å². The van der Waals surface area contributed by atoms with Gasteiger partial charge in [0, 0.05) is 44.1 Å². The van der Waals surface area contributed by atoms with E-state index in [-0.39, 0.29) is 5.92 Å². The van der Waals surface area contributed by atoms with E-state index in [2.05, 4.69) is 229 Å². The molecule has 2 nitrogen and oxygen atoms in total. The van der Waals surface area contributed by atoms with Gasteiger partial charge < -0.3 is 8.98 Å². The molecular weight excluding hydrogens is 799 g/mol. The van der Waals surface area contributed by atoms with Crippen LogP contribution in [0.2, 0.25) is 0 Å². The monoisotopic (exact) mass is 837 g/mol. The van der Waals surface area contributed by atoms with Crippen LogP contribution in [0.5, 0.6) is 0 Å². The molecular formula is C64H39NO. The number of aromatic nitrogens is 1. The fourth-order valence-corrected chi connectivity index (χ4v) is 11.5. The lowest BCUT2D eigenvalue weighted by Crippen LogP contribution is -2.00. The summed E-state index contributed by atoms with van der Waals surface area (Å²) in [6.45, 7) is 0. The number of fused-ring (bicyclic) bond motifs is 10.